The van der Waals surface area contributed by atoms with Crippen molar-refractivity contribution in [2.24, 2.45) is 0 Å². The molecule has 2 aliphatic rings. The first-order valence-electron chi connectivity index (χ1n) is 8.44. The van der Waals surface area contributed by atoms with Crippen molar-refractivity contribution in [1.29, 1.82) is 0 Å². The first kappa shape index (κ1) is 16.4. The van der Waals surface area contributed by atoms with Gasteiger partial charge in [0, 0.05) is 32.3 Å². The molecule has 0 aromatic heterocycles. The van der Waals surface area contributed by atoms with E-state index in [0.29, 0.717) is 38.6 Å². The minimum absolute atomic E-state index is 0.00408. The van der Waals surface area contributed by atoms with Gasteiger partial charge in [-0.05, 0) is 50.4 Å². The second-order valence-electron chi connectivity index (χ2n) is 6.67. The smallest absolute Gasteiger partial charge is 0.230 e. The van der Waals surface area contributed by atoms with Gasteiger partial charge in [0.2, 0.25) is 5.91 Å². The average molecular weight is 320 g/mol. The van der Waals surface area contributed by atoms with E-state index in [1.54, 1.807) is 6.07 Å². The van der Waals surface area contributed by atoms with E-state index in [1.807, 2.05) is 6.07 Å². The fourth-order valence-corrected chi connectivity index (χ4v) is 3.37. The maximum absolute atomic E-state index is 13.6. The van der Waals surface area contributed by atoms with Gasteiger partial charge in [0.25, 0.3) is 0 Å². The van der Waals surface area contributed by atoms with E-state index in [4.69, 9.17) is 4.74 Å². The Bertz CT molecular complexity index is 554. The van der Waals surface area contributed by atoms with Crippen LogP contribution in [0.1, 0.15) is 31.2 Å². The van der Waals surface area contributed by atoms with Gasteiger partial charge in [-0.15, -0.1) is 0 Å². The number of ether oxygens (including phenoxy) is 1. The Hall–Kier alpha value is -1.46. The number of halogens is 1. The fraction of sp³-hybridized carbons (Fsp3) is 0.611. The van der Waals surface area contributed by atoms with Crippen molar-refractivity contribution >= 4 is 5.91 Å². The van der Waals surface area contributed by atoms with E-state index in [-0.39, 0.29) is 11.7 Å². The van der Waals surface area contributed by atoms with E-state index in [0.717, 1.165) is 12.1 Å². The molecule has 1 heterocycles. The molecule has 1 aromatic rings. The predicted molar refractivity (Wildman–Crippen MR) is 86.8 cm³/mol. The van der Waals surface area contributed by atoms with Crippen molar-refractivity contribution in [2.75, 3.05) is 33.4 Å². The summed E-state index contributed by atoms with van der Waals surface area (Å²) in [5.41, 5.74) is 0.0900. The number of rotatable bonds is 6. The van der Waals surface area contributed by atoms with Gasteiger partial charge in [-0.1, -0.05) is 12.1 Å². The van der Waals surface area contributed by atoms with Crippen molar-refractivity contribution in [3.05, 3.63) is 35.6 Å². The lowest BCUT2D eigenvalue weighted by molar-refractivity contribution is -0.130. The van der Waals surface area contributed by atoms with Crippen molar-refractivity contribution in [3.63, 3.8) is 0 Å². The van der Waals surface area contributed by atoms with E-state index < -0.39 is 5.41 Å². The summed E-state index contributed by atoms with van der Waals surface area (Å²) in [5, 5.41) is 3.07. The highest BCUT2D eigenvalue weighted by molar-refractivity contribution is 5.88. The molecule has 3 rings (SSSR count). The number of carbonyl (C=O) groups excluding carboxylic acids is 1. The van der Waals surface area contributed by atoms with Crippen LogP contribution in [-0.2, 0) is 14.9 Å². The lowest BCUT2D eigenvalue weighted by Crippen LogP contribution is -2.49. The number of nitrogens with one attached hydrogen (secondary N) is 1. The Morgan fingerprint density at radius 2 is 2.13 bits per heavy atom. The predicted octanol–water partition coefficient (Wildman–Crippen LogP) is 2.08. The third-order valence-corrected chi connectivity index (χ3v) is 5.08. The lowest BCUT2D eigenvalue weighted by Gasteiger charge is -2.36. The maximum atomic E-state index is 13.6. The summed E-state index contributed by atoms with van der Waals surface area (Å²) in [6, 6.07) is 7.12. The summed E-state index contributed by atoms with van der Waals surface area (Å²) in [6.07, 6.45) is 3.71. The molecule has 0 atom stereocenters. The first-order valence-corrected chi connectivity index (χ1v) is 8.44. The molecule has 1 aliphatic heterocycles. The maximum Gasteiger partial charge on any atom is 0.230 e. The first-order chi connectivity index (χ1) is 11.1. The van der Waals surface area contributed by atoms with Crippen LogP contribution in [0.25, 0.3) is 0 Å². The molecule has 126 valence electrons. The Morgan fingerprint density at radius 3 is 2.78 bits per heavy atom. The van der Waals surface area contributed by atoms with Crippen molar-refractivity contribution in [2.45, 2.75) is 37.1 Å². The highest BCUT2D eigenvalue weighted by atomic mass is 19.1. The van der Waals surface area contributed by atoms with Crippen LogP contribution in [0.15, 0.2) is 24.3 Å². The molecule has 0 radical (unpaired) electrons. The zero-order chi connectivity index (χ0) is 16.3. The monoisotopic (exact) mass is 320 g/mol. The van der Waals surface area contributed by atoms with Crippen molar-refractivity contribution < 1.29 is 13.9 Å². The zero-order valence-electron chi connectivity index (χ0n) is 13.7. The molecule has 1 aromatic carbocycles. The Morgan fingerprint density at radius 1 is 1.39 bits per heavy atom. The molecular weight excluding hydrogens is 295 g/mol. The number of carbonyl (C=O) groups is 1. The second-order valence-corrected chi connectivity index (χ2v) is 6.67. The topological polar surface area (TPSA) is 41.6 Å². The number of hydrogen-bond donors (Lipinski definition) is 1. The van der Waals surface area contributed by atoms with E-state index in [2.05, 4.69) is 17.3 Å². The summed E-state index contributed by atoms with van der Waals surface area (Å²) < 4.78 is 19.1. The van der Waals surface area contributed by atoms with Crippen molar-refractivity contribution in [1.82, 2.24) is 10.2 Å². The molecular formula is C18H25FN2O2. The van der Waals surface area contributed by atoms with E-state index >= 15 is 0 Å². The van der Waals surface area contributed by atoms with Gasteiger partial charge in [-0.3, -0.25) is 4.79 Å². The Labute approximate surface area is 137 Å². The summed E-state index contributed by atoms with van der Waals surface area (Å²) in [7, 11) is 2.10. The Balaban J connectivity index is 1.68. The van der Waals surface area contributed by atoms with Crippen LogP contribution in [0, 0.1) is 5.82 Å². The molecule has 1 saturated heterocycles. The Kier molecular flexibility index (Phi) is 4.97. The standard InChI is InChI=1S/C18H25FN2O2/c1-21(16-5-6-16)10-9-20-17(22)18(7-11-23-12-8-18)14-3-2-4-15(19)13-14/h2-4,13,16H,5-12H2,1H3,(H,20,22). The lowest BCUT2D eigenvalue weighted by atomic mass is 9.73. The fourth-order valence-electron chi connectivity index (χ4n) is 3.37. The van der Waals surface area contributed by atoms with Crippen LogP contribution < -0.4 is 5.32 Å². The molecule has 1 aliphatic carbocycles. The zero-order valence-corrected chi connectivity index (χ0v) is 13.7. The minimum Gasteiger partial charge on any atom is -0.381 e. The number of amides is 1. The van der Waals surface area contributed by atoms with Crippen LogP contribution in [-0.4, -0.2) is 50.2 Å². The second kappa shape index (κ2) is 6.97. The van der Waals surface area contributed by atoms with Crippen LogP contribution in [0.2, 0.25) is 0 Å². The van der Waals surface area contributed by atoms with E-state index in [9.17, 15) is 9.18 Å². The quantitative estimate of drug-likeness (QED) is 0.872. The molecule has 23 heavy (non-hydrogen) atoms. The van der Waals surface area contributed by atoms with Gasteiger partial charge in [0.05, 0.1) is 5.41 Å². The third kappa shape index (κ3) is 3.72. The normalized spacial score (nSPS) is 20.5. The number of benzene rings is 1. The summed E-state index contributed by atoms with van der Waals surface area (Å²) >= 11 is 0. The highest BCUT2D eigenvalue weighted by Crippen LogP contribution is 2.35. The van der Waals surface area contributed by atoms with Gasteiger partial charge >= 0.3 is 0 Å². The van der Waals surface area contributed by atoms with Crippen LogP contribution in [0.5, 0.6) is 0 Å². The molecule has 0 spiro atoms. The summed E-state index contributed by atoms with van der Waals surface area (Å²) in [5.74, 6) is -0.301. The highest BCUT2D eigenvalue weighted by Gasteiger charge is 2.41. The molecule has 5 heteroatoms. The number of likely N-dealkylation sites (N-methyl/N-ethyl adjacent to an activating group) is 1. The molecule has 1 amide bonds. The molecule has 1 saturated carbocycles. The van der Waals surface area contributed by atoms with Gasteiger partial charge in [-0.25, -0.2) is 4.39 Å². The van der Waals surface area contributed by atoms with Crippen LogP contribution in [0.4, 0.5) is 4.39 Å². The number of hydrogen-bond acceptors (Lipinski definition) is 3. The van der Waals surface area contributed by atoms with Crippen LogP contribution in [0.3, 0.4) is 0 Å². The molecule has 1 N–H and O–H groups in total. The molecule has 4 nitrogen and oxygen atoms in total. The van der Waals surface area contributed by atoms with Crippen molar-refractivity contribution in [3.8, 4) is 0 Å². The van der Waals surface area contributed by atoms with E-state index in [1.165, 1.54) is 25.0 Å². The van der Waals surface area contributed by atoms with Gasteiger partial charge in [-0.2, -0.15) is 0 Å². The largest absolute Gasteiger partial charge is 0.381 e. The van der Waals surface area contributed by atoms with Gasteiger partial charge in [0.1, 0.15) is 5.82 Å². The molecule has 2 fully saturated rings. The number of nitrogens with zero attached hydrogens (tertiary/aromatic N) is 1. The average Bonchev–Trinajstić information content (AvgIpc) is 3.40. The summed E-state index contributed by atoms with van der Waals surface area (Å²) in [6.45, 7) is 2.55. The minimum atomic E-state index is -0.668. The molecule has 0 unspecified atom stereocenters. The van der Waals surface area contributed by atoms with Gasteiger partial charge < -0.3 is 15.0 Å². The van der Waals surface area contributed by atoms with Crippen LogP contribution >= 0.6 is 0 Å². The third-order valence-electron chi connectivity index (χ3n) is 5.08. The van der Waals surface area contributed by atoms with Gasteiger partial charge in [0.15, 0.2) is 0 Å². The summed E-state index contributed by atoms with van der Waals surface area (Å²) in [4.78, 5) is 15.2. The SMILES string of the molecule is CN(CCNC(=O)C1(c2cccc(F)c2)CCOCC1)C1CC1. The molecule has 0 bridgehead atoms.